The molecule has 2 aromatic carbocycles. The van der Waals surface area contributed by atoms with Crippen molar-refractivity contribution in [2.24, 2.45) is 11.8 Å². The van der Waals surface area contributed by atoms with E-state index in [1.807, 2.05) is 35.2 Å². The van der Waals surface area contributed by atoms with Gasteiger partial charge in [0.05, 0.1) is 14.2 Å². The second-order valence-electron chi connectivity index (χ2n) is 9.16. The predicted octanol–water partition coefficient (Wildman–Crippen LogP) is 4.56. The molecule has 2 aliphatic rings. The third kappa shape index (κ3) is 6.17. The van der Waals surface area contributed by atoms with Gasteiger partial charge in [0.25, 0.3) is 0 Å². The minimum absolute atomic E-state index is 0.0955. The fourth-order valence-electron chi connectivity index (χ4n) is 5.06. The third-order valence-corrected chi connectivity index (χ3v) is 7.10. The zero-order valence-electron chi connectivity index (χ0n) is 19.9. The highest BCUT2D eigenvalue weighted by molar-refractivity contribution is 5.80. The first-order valence-corrected chi connectivity index (χ1v) is 12.1. The van der Waals surface area contributed by atoms with E-state index >= 15 is 0 Å². The van der Waals surface area contributed by atoms with Gasteiger partial charge in [-0.15, -0.1) is 0 Å². The van der Waals surface area contributed by atoms with Crippen molar-refractivity contribution >= 4 is 5.91 Å². The Hall–Kier alpha value is -2.79. The molecule has 2 heterocycles. The van der Waals surface area contributed by atoms with Gasteiger partial charge in [-0.1, -0.05) is 36.4 Å². The van der Waals surface area contributed by atoms with Crippen LogP contribution in [0.2, 0.25) is 0 Å². The summed E-state index contributed by atoms with van der Waals surface area (Å²) in [5.41, 5.74) is 2.46. The number of ether oxygens (including phenoxy) is 2. The molecule has 2 aromatic rings. The van der Waals surface area contributed by atoms with Crippen molar-refractivity contribution in [2.75, 3.05) is 40.4 Å². The molecule has 33 heavy (non-hydrogen) atoms. The van der Waals surface area contributed by atoms with Crippen LogP contribution in [0.5, 0.6) is 11.5 Å². The van der Waals surface area contributed by atoms with Gasteiger partial charge in [-0.05, 0) is 80.1 Å². The summed E-state index contributed by atoms with van der Waals surface area (Å²) in [6, 6.07) is 16.4. The number of amides is 1. The van der Waals surface area contributed by atoms with Crippen molar-refractivity contribution < 1.29 is 14.3 Å². The van der Waals surface area contributed by atoms with Crippen LogP contribution in [0.15, 0.2) is 60.7 Å². The van der Waals surface area contributed by atoms with Crippen LogP contribution in [-0.4, -0.2) is 56.1 Å². The topological polar surface area (TPSA) is 42.0 Å². The second kappa shape index (κ2) is 11.4. The lowest BCUT2D eigenvalue weighted by Gasteiger charge is -2.36. The number of carbonyl (C=O) groups excluding carboxylic acids is 1. The summed E-state index contributed by atoms with van der Waals surface area (Å²) in [5, 5.41) is 0. The maximum atomic E-state index is 13.5. The molecule has 176 valence electrons. The van der Waals surface area contributed by atoms with Crippen LogP contribution in [0.25, 0.3) is 0 Å². The summed E-state index contributed by atoms with van der Waals surface area (Å²) in [6.45, 7) is 4.54. The number of allylic oxidation sites excluding steroid dienone is 1. The van der Waals surface area contributed by atoms with Gasteiger partial charge in [0.15, 0.2) is 0 Å². The molecular weight excluding hydrogens is 412 g/mol. The van der Waals surface area contributed by atoms with E-state index in [0.29, 0.717) is 24.9 Å². The average molecular weight is 449 g/mol. The Morgan fingerprint density at radius 3 is 2.39 bits per heavy atom. The Bertz CT molecular complexity index is 932. The van der Waals surface area contributed by atoms with Crippen molar-refractivity contribution in [1.82, 2.24) is 9.80 Å². The monoisotopic (exact) mass is 448 g/mol. The highest BCUT2D eigenvalue weighted by Gasteiger charge is 2.34. The molecule has 0 bridgehead atoms. The fourth-order valence-corrected chi connectivity index (χ4v) is 5.06. The van der Waals surface area contributed by atoms with Crippen LogP contribution >= 0.6 is 0 Å². The Balaban J connectivity index is 1.30. The third-order valence-electron chi connectivity index (χ3n) is 7.10. The first-order chi connectivity index (χ1) is 16.2. The molecule has 0 aliphatic carbocycles. The molecular formula is C28H36N2O3. The molecule has 0 spiro atoms. The molecule has 5 heteroatoms. The van der Waals surface area contributed by atoms with Gasteiger partial charge in [-0.3, -0.25) is 4.79 Å². The number of piperidine rings is 1. The summed E-state index contributed by atoms with van der Waals surface area (Å²) in [7, 11) is 3.38. The van der Waals surface area contributed by atoms with Crippen LogP contribution in [0.1, 0.15) is 30.4 Å². The first-order valence-electron chi connectivity index (χ1n) is 12.1. The van der Waals surface area contributed by atoms with Gasteiger partial charge in [-0.2, -0.15) is 0 Å². The molecule has 0 N–H and O–H groups in total. The maximum Gasteiger partial charge on any atom is 0.226 e. The minimum Gasteiger partial charge on any atom is -0.497 e. The molecule has 1 atom stereocenters. The van der Waals surface area contributed by atoms with Gasteiger partial charge >= 0.3 is 0 Å². The van der Waals surface area contributed by atoms with Crippen LogP contribution in [-0.2, 0) is 17.8 Å². The van der Waals surface area contributed by atoms with E-state index in [1.54, 1.807) is 14.2 Å². The molecule has 0 aromatic heterocycles. The number of hydrogen-bond donors (Lipinski definition) is 0. The van der Waals surface area contributed by atoms with E-state index < -0.39 is 0 Å². The predicted molar refractivity (Wildman–Crippen MR) is 132 cm³/mol. The molecule has 1 saturated heterocycles. The summed E-state index contributed by atoms with van der Waals surface area (Å²) in [4.78, 5) is 18.0. The quantitative estimate of drug-likeness (QED) is 0.555. The van der Waals surface area contributed by atoms with Gasteiger partial charge in [0.2, 0.25) is 5.91 Å². The number of benzene rings is 2. The standard InChI is InChI=1S/C28H36N2O3/c1-32-25-11-9-22(10-12-25)13-17-29-18-14-24(15-19-29)27-8-3-4-16-30(28(27)31)21-23-6-5-7-26(20-23)33-2/h3-7,9-12,20,24,27H,8,13-19,21H2,1-2H3/t27-/m1/s1. The van der Waals surface area contributed by atoms with Crippen LogP contribution in [0.4, 0.5) is 0 Å². The van der Waals surface area contributed by atoms with Crippen molar-refractivity contribution in [3.05, 3.63) is 71.8 Å². The molecule has 0 unspecified atom stereocenters. The Labute approximate surface area is 198 Å². The Morgan fingerprint density at radius 2 is 1.67 bits per heavy atom. The SMILES string of the molecule is COc1ccc(CCN2CCC([C@H]3CC=CCN(Cc4cccc(OC)c4)C3=O)CC2)cc1. The number of nitrogens with zero attached hydrogens (tertiary/aromatic N) is 2. The lowest BCUT2D eigenvalue weighted by Crippen LogP contribution is -2.42. The summed E-state index contributed by atoms with van der Waals surface area (Å²) in [5.74, 6) is 2.61. The zero-order valence-corrected chi connectivity index (χ0v) is 19.9. The van der Waals surface area contributed by atoms with Crippen LogP contribution in [0, 0.1) is 11.8 Å². The maximum absolute atomic E-state index is 13.5. The minimum atomic E-state index is 0.0955. The average Bonchev–Trinajstić information content (AvgIpc) is 3.05. The Morgan fingerprint density at radius 1 is 0.909 bits per heavy atom. The number of likely N-dealkylation sites (tertiary alicyclic amines) is 1. The number of hydrogen-bond acceptors (Lipinski definition) is 4. The van der Waals surface area contributed by atoms with Gasteiger partial charge in [0.1, 0.15) is 11.5 Å². The highest BCUT2D eigenvalue weighted by atomic mass is 16.5. The zero-order chi connectivity index (χ0) is 23.0. The summed E-state index contributed by atoms with van der Waals surface area (Å²) < 4.78 is 10.6. The number of carbonyl (C=O) groups is 1. The normalized spacial score (nSPS) is 20.0. The van der Waals surface area contributed by atoms with Crippen molar-refractivity contribution in [3.8, 4) is 11.5 Å². The molecule has 2 aliphatic heterocycles. The lowest BCUT2D eigenvalue weighted by atomic mass is 9.81. The molecule has 1 amide bonds. The van der Waals surface area contributed by atoms with Gasteiger partial charge < -0.3 is 19.3 Å². The summed E-state index contributed by atoms with van der Waals surface area (Å²) in [6.07, 6.45) is 8.48. The van der Waals surface area contributed by atoms with E-state index in [9.17, 15) is 4.79 Å². The van der Waals surface area contributed by atoms with E-state index in [2.05, 4.69) is 35.3 Å². The van der Waals surface area contributed by atoms with Crippen LogP contribution < -0.4 is 9.47 Å². The highest BCUT2D eigenvalue weighted by Crippen LogP contribution is 2.31. The Kier molecular flexibility index (Phi) is 8.05. The van der Waals surface area contributed by atoms with E-state index in [-0.39, 0.29) is 5.92 Å². The second-order valence-corrected chi connectivity index (χ2v) is 9.16. The van der Waals surface area contributed by atoms with E-state index in [0.717, 1.165) is 62.4 Å². The van der Waals surface area contributed by atoms with Crippen molar-refractivity contribution in [3.63, 3.8) is 0 Å². The van der Waals surface area contributed by atoms with E-state index in [4.69, 9.17) is 9.47 Å². The van der Waals surface area contributed by atoms with E-state index in [1.165, 1.54) is 5.56 Å². The summed E-state index contributed by atoms with van der Waals surface area (Å²) >= 11 is 0. The fraction of sp³-hybridized carbons (Fsp3) is 0.464. The van der Waals surface area contributed by atoms with Crippen LogP contribution in [0.3, 0.4) is 0 Å². The van der Waals surface area contributed by atoms with Gasteiger partial charge in [0, 0.05) is 25.6 Å². The van der Waals surface area contributed by atoms with Crippen molar-refractivity contribution in [2.45, 2.75) is 32.2 Å². The molecule has 1 fully saturated rings. The number of rotatable bonds is 8. The molecule has 0 radical (unpaired) electrons. The first kappa shape index (κ1) is 23.4. The smallest absolute Gasteiger partial charge is 0.226 e. The van der Waals surface area contributed by atoms with Crippen molar-refractivity contribution in [1.29, 1.82) is 0 Å². The lowest BCUT2D eigenvalue weighted by molar-refractivity contribution is -0.137. The number of methoxy groups -OCH3 is 2. The van der Waals surface area contributed by atoms with Gasteiger partial charge in [-0.25, -0.2) is 0 Å². The molecule has 0 saturated carbocycles. The largest absolute Gasteiger partial charge is 0.497 e. The molecule has 5 nitrogen and oxygen atoms in total. The molecule has 4 rings (SSSR count).